The number of thiazole rings is 1. The van der Waals surface area contributed by atoms with E-state index in [0.717, 1.165) is 17.0 Å². The van der Waals surface area contributed by atoms with E-state index < -0.39 is 10.0 Å². The lowest BCUT2D eigenvalue weighted by atomic mass is 10.1. The molecular weight excluding hydrogens is 406 g/mol. The van der Waals surface area contributed by atoms with Gasteiger partial charge < -0.3 is 5.32 Å². The Labute approximate surface area is 175 Å². The third kappa shape index (κ3) is 4.55. The number of hydrogen-bond acceptors (Lipinski definition) is 5. The lowest BCUT2D eigenvalue weighted by molar-refractivity contribution is 0.102. The van der Waals surface area contributed by atoms with Gasteiger partial charge in [-0.05, 0) is 50.6 Å². The first kappa shape index (κ1) is 21.2. The minimum atomic E-state index is -3.61. The summed E-state index contributed by atoms with van der Waals surface area (Å²) in [7, 11) is -2.25. The van der Waals surface area contributed by atoms with Crippen molar-refractivity contribution in [2.45, 2.75) is 32.1 Å². The van der Waals surface area contributed by atoms with Crippen molar-refractivity contribution in [1.82, 2.24) is 9.71 Å². The number of rotatable bonds is 6. The Morgan fingerprint density at radius 3 is 2.41 bits per heavy atom. The molecule has 152 valence electrons. The first-order chi connectivity index (χ1) is 13.7. The maximum absolute atomic E-state index is 12.8. The topological polar surface area (TPSA) is 88.2 Å². The standard InChI is InChI=1S/C21H23N3O3S2/c1-5-15-7-9-16(10-8-15)21-23-14(3)19(28-21)20(25)24-17-11-6-13(2)18(12-17)29(26,27)22-4/h6-12,22H,5H2,1-4H3,(H,24,25). The van der Waals surface area contributed by atoms with Crippen LogP contribution in [0, 0.1) is 13.8 Å². The van der Waals surface area contributed by atoms with E-state index in [0.29, 0.717) is 21.8 Å². The third-order valence-electron chi connectivity index (χ3n) is 4.62. The van der Waals surface area contributed by atoms with Crippen LogP contribution in [0.25, 0.3) is 10.6 Å². The summed E-state index contributed by atoms with van der Waals surface area (Å²) < 4.78 is 26.6. The van der Waals surface area contributed by atoms with Crippen LogP contribution in [0.5, 0.6) is 0 Å². The molecule has 0 aliphatic rings. The van der Waals surface area contributed by atoms with Gasteiger partial charge >= 0.3 is 0 Å². The van der Waals surface area contributed by atoms with Crippen LogP contribution >= 0.6 is 11.3 Å². The van der Waals surface area contributed by atoms with Crippen molar-refractivity contribution in [2.24, 2.45) is 0 Å². The van der Waals surface area contributed by atoms with Crippen LogP contribution in [0.1, 0.15) is 33.4 Å². The van der Waals surface area contributed by atoms with Gasteiger partial charge in [-0.3, -0.25) is 4.79 Å². The van der Waals surface area contributed by atoms with E-state index in [4.69, 9.17) is 0 Å². The molecule has 29 heavy (non-hydrogen) atoms. The Kier molecular flexibility index (Phi) is 6.16. The second-order valence-electron chi connectivity index (χ2n) is 6.63. The number of sulfonamides is 1. The van der Waals surface area contributed by atoms with Gasteiger partial charge in [0.15, 0.2) is 0 Å². The highest BCUT2D eigenvalue weighted by molar-refractivity contribution is 7.89. The van der Waals surface area contributed by atoms with E-state index in [1.54, 1.807) is 26.0 Å². The van der Waals surface area contributed by atoms with E-state index >= 15 is 0 Å². The molecule has 0 bridgehead atoms. The van der Waals surface area contributed by atoms with Crippen LogP contribution in [-0.2, 0) is 16.4 Å². The number of anilines is 1. The number of carbonyl (C=O) groups excluding carboxylic acids is 1. The van der Waals surface area contributed by atoms with Gasteiger partial charge in [0.2, 0.25) is 10.0 Å². The molecule has 3 rings (SSSR count). The predicted octanol–water partition coefficient (Wildman–Crippen LogP) is 4.15. The zero-order valence-electron chi connectivity index (χ0n) is 16.7. The molecule has 1 aromatic heterocycles. The van der Waals surface area contributed by atoms with E-state index in [-0.39, 0.29) is 10.8 Å². The highest BCUT2D eigenvalue weighted by atomic mass is 32.2. The van der Waals surface area contributed by atoms with Crippen LogP contribution in [-0.4, -0.2) is 26.4 Å². The number of aromatic nitrogens is 1. The molecule has 6 nitrogen and oxygen atoms in total. The summed E-state index contributed by atoms with van der Waals surface area (Å²) in [6.07, 6.45) is 0.965. The Balaban J connectivity index is 1.86. The van der Waals surface area contributed by atoms with Crippen LogP contribution < -0.4 is 10.0 Å². The van der Waals surface area contributed by atoms with Crippen LogP contribution in [0.4, 0.5) is 5.69 Å². The second kappa shape index (κ2) is 8.44. The summed E-state index contributed by atoms with van der Waals surface area (Å²) in [5, 5.41) is 3.56. The van der Waals surface area contributed by atoms with E-state index in [1.807, 2.05) is 12.1 Å². The summed E-state index contributed by atoms with van der Waals surface area (Å²) in [6.45, 7) is 5.60. The van der Waals surface area contributed by atoms with Crippen molar-refractivity contribution in [2.75, 3.05) is 12.4 Å². The molecule has 3 aromatic rings. The minimum Gasteiger partial charge on any atom is -0.321 e. The average Bonchev–Trinajstić information content (AvgIpc) is 3.11. The normalized spacial score (nSPS) is 11.4. The number of hydrogen-bond donors (Lipinski definition) is 2. The molecule has 0 unspecified atom stereocenters. The molecule has 0 atom stereocenters. The van der Waals surface area contributed by atoms with Crippen LogP contribution in [0.3, 0.4) is 0 Å². The van der Waals surface area contributed by atoms with Crippen LogP contribution in [0.2, 0.25) is 0 Å². The van der Waals surface area contributed by atoms with Crippen molar-refractivity contribution >= 4 is 33.0 Å². The number of aryl methyl sites for hydroxylation is 3. The van der Waals surface area contributed by atoms with E-state index in [2.05, 4.69) is 34.1 Å². The number of carbonyl (C=O) groups is 1. The van der Waals surface area contributed by atoms with Gasteiger partial charge in [-0.2, -0.15) is 0 Å². The Morgan fingerprint density at radius 2 is 1.79 bits per heavy atom. The second-order valence-corrected chi connectivity index (χ2v) is 9.48. The van der Waals surface area contributed by atoms with Crippen molar-refractivity contribution in [3.8, 4) is 10.6 Å². The van der Waals surface area contributed by atoms with Crippen molar-refractivity contribution in [1.29, 1.82) is 0 Å². The highest BCUT2D eigenvalue weighted by Crippen LogP contribution is 2.29. The highest BCUT2D eigenvalue weighted by Gasteiger charge is 2.19. The Bertz CT molecular complexity index is 1150. The fourth-order valence-electron chi connectivity index (χ4n) is 2.88. The van der Waals surface area contributed by atoms with Crippen LogP contribution in [0.15, 0.2) is 47.4 Å². The molecule has 0 aliphatic heterocycles. The lowest BCUT2D eigenvalue weighted by Gasteiger charge is -2.10. The van der Waals surface area contributed by atoms with E-state index in [1.165, 1.54) is 30.0 Å². The molecule has 0 fully saturated rings. The monoisotopic (exact) mass is 429 g/mol. The van der Waals surface area contributed by atoms with Gasteiger partial charge in [-0.15, -0.1) is 11.3 Å². The van der Waals surface area contributed by atoms with Gasteiger partial charge in [-0.1, -0.05) is 37.3 Å². The summed E-state index contributed by atoms with van der Waals surface area (Å²) in [6, 6.07) is 12.9. The maximum Gasteiger partial charge on any atom is 0.267 e. The number of benzene rings is 2. The van der Waals surface area contributed by atoms with Gasteiger partial charge in [0.05, 0.1) is 10.6 Å². The predicted molar refractivity (Wildman–Crippen MR) is 117 cm³/mol. The summed E-state index contributed by atoms with van der Waals surface area (Å²) in [4.78, 5) is 18.0. The average molecular weight is 430 g/mol. The molecule has 2 aromatic carbocycles. The third-order valence-corrected chi connectivity index (χ3v) is 7.38. The molecule has 0 radical (unpaired) electrons. The lowest BCUT2D eigenvalue weighted by Crippen LogP contribution is -2.20. The van der Waals surface area contributed by atoms with Crippen molar-refractivity contribution in [3.05, 3.63) is 64.2 Å². The quantitative estimate of drug-likeness (QED) is 0.616. The Hall–Kier alpha value is -2.55. The largest absolute Gasteiger partial charge is 0.321 e. The molecule has 2 N–H and O–H groups in total. The fraction of sp³-hybridized carbons (Fsp3) is 0.238. The van der Waals surface area contributed by atoms with Crippen molar-refractivity contribution in [3.63, 3.8) is 0 Å². The number of nitrogens with zero attached hydrogens (tertiary/aromatic N) is 1. The SMILES string of the molecule is CCc1ccc(-c2nc(C)c(C(=O)Nc3ccc(C)c(S(=O)(=O)NC)c3)s2)cc1. The first-order valence-corrected chi connectivity index (χ1v) is 11.5. The van der Waals surface area contributed by atoms with Gasteiger partial charge in [0.1, 0.15) is 9.88 Å². The first-order valence-electron chi connectivity index (χ1n) is 9.17. The zero-order valence-corrected chi connectivity index (χ0v) is 18.4. The molecule has 1 heterocycles. The summed E-state index contributed by atoms with van der Waals surface area (Å²) in [5.74, 6) is -0.312. The van der Waals surface area contributed by atoms with Gasteiger partial charge in [0, 0.05) is 11.3 Å². The molecule has 0 saturated heterocycles. The smallest absolute Gasteiger partial charge is 0.267 e. The maximum atomic E-state index is 12.8. The molecule has 0 saturated carbocycles. The fourth-order valence-corrected chi connectivity index (χ4v) is 4.84. The van der Waals surface area contributed by atoms with Crippen molar-refractivity contribution < 1.29 is 13.2 Å². The minimum absolute atomic E-state index is 0.135. The molecular formula is C21H23N3O3S2. The number of amides is 1. The number of nitrogens with one attached hydrogen (secondary N) is 2. The molecule has 0 aliphatic carbocycles. The van der Waals surface area contributed by atoms with Gasteiger partial charge in [0.25, 0.3) is 5.91 Å². The molecule has 8 heteroatoms. The zero-order chi connectivity index (χ0) is 21.2. The Morgan fingerprint density at radius 1 is 1.10 bits per heavy atom. The summed E-state index contributed by atoms with van der Waals surface area (Å²) >= 11 is 1.32. The molecule has 1 amide bonds. The molecule has 0 spiro atoms. The summed E-state index contributed by atoms with van der Waals surface area (Å²) in [5.41, 5.74) is 3.86. The van der Waals surface area contributed by atoms with Gasteiger partial charge in [-0.25, -0.2) is 18.1 Å². The van der Waals surface area contributed by atoms with E-state index in [9.17, 15) is 13.2 Å².